The molecule has 1 aromatic heterocycles. The van der Waals surface area contributed by atoms with Crippen molar-refractivity contribution in [3.63, 3.8) is 0 Å². The number of para-hydroxylation sites is 1. The molecule has 0 N–H and O–H groups in total. The third kappa shape index (κ3) is 3.47. The predicted molar refractivity (Wildman–Crippen MR) is 105 cm³/mol. The molecule has 0 saturated carbocycles. The Labute approximate surface area is 153 Å². The van der Waals surface area contributed by atoms with Crippen molar-refractivity contribution in [2.24, 2.45) is 0 Å². The van der Waals surface area contributed by atoms with Gasteiger partial charge in [0, 0.05) is 16.5 Å². The molecule has 0 bridgehead atoms. The third-order valence-corrected chi connectivity index (χ3v) is 7.27. The molecule has 0 aliphatic carbocycles. The van der Waals surface area contributed by atoms with Crippen LogP contribution in [0.15, 0.2) is 64.5 Å². The Morgan fingerprint density at radius 1 is 1.04 bits per heavy atom. The van der Waals surface area contributed by atoms with Crippen LogP contribution in [0, 0.1) is 6.92 Å². The van der Waals surface area contributed by atoms with Crippen LogP contribution in [0.1, 0.15) is 12.5 Å². The Kier molecular flexibility index (Phi) is 4.95. The quantitative estimate of drug-likeness (QED) is 0.496. The van der Waals surface area contributed by atoms with E-state index in [1.54, 1.807) is 30.1 Å². The smallest absolute Gasteiger partial charge is 0.268 e. The molecule has 0 spiro atoms. The number of nitrogens with zero attached hydrogens (tertiary/aromatic N) is 2. The van der Waals surface area contributed by atoms with Crippen LogP contribution in [0.25, 0.3) is 10.9 Å². The fraction of sp³-hybridized carbons (Fsp3) is 0.263. The highest BCUT2D eigenvalue weighted by Gasteiger charge is 2.22. The molecular weight excluding hydrogens is 352 g/mol. The fourth-order valence-electron chi connectivity index (χ4n) is 2.53. The Hall–Kier alpha value is -1.76. The number of hydrogen-bond acceptors (Lipinski definition) is 4. The Bertz CT molecular complexity index is 990. The highest BCUT2D eigenvalue weighted by molar-refractivity contribution is 8.00. The van der Waals surface area contributed by atoms with Crippen LogP contribution in [-0.4, -0.2) is 36.8 Å². The zero-order valence-electron chi connectivity index (χ0n) is 14.8. The number of rotatable bonds is 5. The molecule has 2 aromatic carbocycles. The Morgan fingerprint density at radius 2 is 1.68 bits per heavy atom. The maximum Gasteiger partial charge on any atom is 0.268 e. The summed E-state index contributed by atoms with van der Waals surface area (Å²) in [6, 6.07) is 14.6. The van der Waals surface area contributed by atoms with Crippen LogP contribution in [0.2, 0.25) is 0 Å². The van der Waals surface area contributed by atoms with Crippen LogP contribution in [-0.2, 0) is 10.0 Å². The van der Waals surface area contributed by atoms with E-state index in [9.17, 15) is 8.42 Å². The molecule has 3 aromatic rings. The van der Waals surface area contributed by atoms with E-state index in [0.29, 0.717) is 10.4 Å². The van der Waals surface area contributed by atoms with Crippen molar-refractivity contribution in [1.82, 2.24) is 8.87 Å². The van der Waals surface area contributed by atoms with Gasteiger partial charge in [0.15, 0.2) is 0 Å². The molecule has 1 atom stereocenters. The number of aryl methyl sites for hydroxylation is 1. The van der Waals surface area contributed by atoms with Gasteiger partial charge in [-0.05, 0) is 46.1 Å². The molecule has 0 radical (unpaired) electrons. The van der Waals surface area contributed by atoms with Crippen molar-refractivity contribution >= 4 is 32.7 Å². The second-order valence-electron chi connectivity index (χ2n) is 6.31. The molecule has 1 heterocycles. The molecule has 6 heteroatoms. The van der Waals surface area contributed by atoms with Crippen molar-refractivity contribution in [2.45, 2.75) is 29.0 Å². The monoisotopic (exact) mass is 374 g/mol. The van der Waals surface area contributed by atoms with Crippen LogP contribution in [0.3, 0.4) is 0 Å². The van der Waals surface area contributed by atoms with Gasteiger partial charge in [-0.25, -0.2) is 12.4 Å². The largest absolute Gasteiger partial charge is 0.298 e. The number of benzene rings is 2. The zero-order chi connectivity index (χ0) is 18.2. The van der Waals surface area contributed by atoms with E-state index in [1.807, 2.05) is 57.4 Å². The van der Waals surface area contributed by atoms with Crippen LogP contribution < -0.4 is 0 Å². The lowest BCUT2D eigenvalue weighted by molar-refractivity contribution is 0.402. The Balaban J connectivity index is 2.15. The summed E-state index contributed by atoms with van der Waals surface area (Å²) in [5.41, 5.74) is 1.74. The lowest BCUT2D eigenvalue weighted by Gasteiger charge is -2.18. The number of thioether (sulfide) groups is 1. The standard InChI is InChI=1S/C19H22N2O2S2/c1-14-9-11-16(12-10-14)25(22,23)21-13-19(24-15(2)20(3)4)17-7-5-6-8-18(17)21/h5-13,15H,1-4H3. The van der Waals surface area contributed by atoms with Crippen LogP contribution in [0.5, 0.6) is 0 Å². The third-order valence-electron chi connectivity index (χ3n) is 4.24. The van der Waals surface area contributed by atoms with Gasteiger partial charge in [0.1, 0.15) is 0 Å². The summed E-state index contributed by atoms with van der Waals surface area (Å²) in [6.45, 7) is 4.05. The highest BCUT2D eigenvalue weighted by Crippen LogP contribution is 2.35. The minimum absolute atomic E-state index is 0.237. The molecule has 0 amide bonds. The first-order chi connectivity index (χ1) is 11.8. The SMILES string of the molecule is Cc1ccc(S(=O)(=O)n2cc(SC(C)N(C)C)c3ccccc32)cc1. The summed E-state index contributed by atoms with van der Waals surface area (Å²) in [4.78, 5) is 3.37. The van der Waals surface area contributed by atoms with Gasteiger partial charge in [-0.2, -0.15) is 0 Å². The summed E-state index contributed by atoms with van der Waals surface area (Å²) < 4.78 is 27.7. The predicted octanol–water partition coefficient (Wildman–Crippen LogP) is 4.19. The summed E-state index contributed by atoms with van der Waals surface area (Å²) in [7, 11) is 0.400. The second kappa shape index (κ2) is 6.86. The van der Waals surface area contributed by atoms with Crippen molar-refractivity contribution in [2.75, 3.05) is 14.1 Å². The van der Waals surface area contributed by atoms with E-state index in [4.69, 9.17) is 0 Å². The molecule has 1 unspecified atom stereocenters. The van der Waals surface area contributed by atoms with Gasteiger partial charge in [-0.1, -0.05) is 35.9 Å². The highest BCUT2D eigenvalue weighted by atomic mass is 32.2. The number of aromatic nitrogens is 1. The summed E-state index contributed by atoms with van der Waals surface area (Å²) in [5, 5.41) is 1.19. The van der Waals surface area contributed by atoms with E-state index in [0.717, 1.165) is 15.8 Å². The molecule has 4 nitrogen and oxygen atoms in total. The molecule has 0 fully saturated rings. The van der Waals surface area contributed by atoms with Crippen molar-refractivity contribution < 1.29 is 8.42 Å². The first-order valence-corrected chi connectivity index (χ1v) is 10.4. The van der Waals surface area contributed by atoms with Gasteiger partial charge >= 0.3 is 0 Å². The van der Waals surface area contributed by atoms with E-state index in [2.05, 4.69) is 11.8 Å². The maximum atomic E-state index is 13.1. The maximum absolute atomic E-state index is 13.1. The molecule has 132 valence electrons. The molecular formula is C19H22N2O2S2. The fourth-order valence-corrected chi connectivity index (χ4v) is 5.01. The van der Waals surface area contributed by atoms with Gasteiger partial charge in [0.05, 0.1) is 15.8 Å². The zero-order valence-corrected chi connectivity index (χ0v) is 16.4. The van der Waals surface area contributed by atoms with E-state index >= 15 is 0 Å². The molecule has 0 saturated heterocycles. The second-order valence-corrected chi connectivity index (χ2v) is 9.48. The first-order valence-electron chi connectivity index (χ1n) is 8.06. The van der Waals surface area contributed by atoms with Gasteiger partial charge in [0.25, 0.3) is 10.0 Å². The molecule has 0 aliphatic rings. The van der Waals surface area contributed by atoms with Crippen molar-refractivity contribution in [3.05, 3.63) is 60.3 Å². The molecule has 25 heavy (non-hydrogen) atoms. The molecule has 3 rings (SSSR count). The van der Waals surface area contributed by atoms with Gasteiger partial charge in [-0.15, -0.1) is 11.8 Å². The lowest BCUT2D eigenvalue weighted by Crippen LogP contribution is -2.20. The summed E-state index contributed by atoms with van der Waals surface area (Å²) in [6.07, 6.45) is 1.74. The van der Waals surface area contributed by atoms with Crippen molar-refractivity contribution in [1.29, 1.82) is 0 Å². The normalized spacial score (nSPS) is 13.5. The molecule has 0 aliphatic heterocycles. The first kappa shape index (κ1) is 18.0. The Morgan fingerprint density at radius 3 is 2.32 bits per heavy atom. The van der Waals surface area contributed by atoms with Crippen LogP contribution in [0.4, 0.5) is 0 Å². The average molecular weight is 375 g/mol. The van der Waals surface area contributed by atoms with Crippen molar-refractivity contribution in [3.8, 4) is 0 Å². The number of hydrogen-bond donors (Lipinski definition) is 0. The van der Waals surface area contributed by atoms with E-state index < -0.39 is 10.0 Å². The van der Waals surface area contributed by atoms with Gasteiger partial charge in [0.2, 0.25) is 0 Å². The van der Waals surface area contributed by atoms with Gasteiger partial charge < -0.3 is 0 Å². The lowest BCUT2D eigenvalue weighted by atomic mass is 10.2. The summed E-state index contributed by atoms with van der Waals surface area (Å²) >= 11 is 1.66. The topological polar surface area (TPSA) is 42.3 Å². The van der Waals surface area contributed by atoms with E-state index in [1.165, 1.54) is 3.97 Å². The minimum Gasteiger partial charge on any atom is -0.298 e. The number of fused-ring (bicyclic) bond motifs is 1. The average Bonchev–Trinajstić information content (AvgIpc) is 2.95. The summed E-state index contributed by atoms with van der Waals surface area (Å²) in [5.74, 6) is 0. The minimum atomic E-state index is -3.63. The van der Waals surface area contributed by atoms with Gasteiger partial charge in [-0.3, -0.25) is 4.90 Å². The van der Waals surface area contributed by atoms with E-state index in [-0.39, 0.29) is 5.37 Å². The van der Waals surface area contributed by atoms with Crippen LogP contribution >= 0.6 is 11.8 Å².